The van der Waals surface area contributed by atoms with E-state index in [0.717, 1.165) is 12.3 Å². The van der Waals surface area contributed by atoms with Gasteiger partial charge in [-0.05, 0) is 31.1 Å². The Balaban J connectivity index is 2.08. The van der Waals surface area contributed by atoms with Gasteiger partial charge in [-0.25, -0.2) is 0 Å². The zero-order valence-corrected chi connectivity index (χ0v) is 6.62. The van der Waals surface area contributed by atoms with E-state index in [-0.39, 0.29) is 5.92 Å². The molecule has 3 atom stereocenters. The molecule has 0 aromatic heterocycles. The van der Waals surface area contributed by atoms with Crippen LogP contribution in [-0.2, 0) is 4.79 Å². The van der Waals surface area contributed by atoms with Gasteiger partial charge in [0.25, 0.3) is 0 Å². The molecule has 0 spiro atoms. The fourth-order valence-electron chi connectivity index (χ4n) is 2.87. The van der Waals surface area contributed by atoms with Crippen molar-refractivity contribution in [1.82, 2.24) is 0 Å². The van der Waals surface area contributed by atoms with Crippen LogP contribution in [0.4, 0.5) is 0 Å². The Labute approximate surface area is 66.6 Å². The summed E-state index contributed by atoms with van der Waals surface area (Å²) in [5, 5.41) is 8.86. The summed E-state index contributed by atoms with van der Waals surface area (Å²) in [6, 6.07) is 0. The number of carboxylic acid groups (broad SMARTS) is 1. The van der Waals surface area contributed by atoms with Crippen molar-refractivity contribution in [3.8, 4) is 0 Å². The summed E-state index contributed by atoms with van der Waals surface area (Å²) < 4.78 is 0. The monoisotopic (exact) mass is 154 g/mol. The standard InChI is InChI=1S/C9H14O2/c10-9(11)8-5-4-6-2-1-3-7(6)8/h6-8H,1-5H2,(H,10,11)/t6-,7-,8-/m0/s1. The van der Waals surface area contributed by atoms with Crippen molar-refractivity contribution in [3.05, 3.63) is 0 Å². The highest BCUT2D eigenvalue weighted by atomic mass is 16.4. The van der Waals surface area contributed by atoms with E-state index in [4.69, 9.17) is 5.11 Å². The van der Waals surface area contributed by atoms with Gasteiger partial charge in [0.1, 0.15) is 0 Å². The third-order valence-electron chi connectivity index (χ3n) is 3.40. The highest BCUT2D eigenvalue weighted by Crippen LogP contribution is 2.47. The van der Waals surface area contributed by atoms with Crippen LogP contribution >= 0.6 is 0 Å². The molecule has 2 heteroatoms. The van der Waals surface area contributed by atoms with E-state index >= 15 is 0 Å². The summed E-state index contributed by atoms with van der Waals surface area (Å²) in [5.41, 5.74) is 0. The first-order chi connectivity index (χ1) is 5.29. The minimum atomic E-state index is -0.556. The van der Waals surface area contributed by atoms with Gasteiger partial charge in [-0.3, -0.25) is 4.79 Å². The molecule has 0 aromatic rings. The number of hydrogen-bond acceptors (Lipinski definition) is 1. The zero-order chi connectivity index (χ0) is 7.84. The molecule has 11 heavy (non-hydrogen) atoms. The van der Waals surface area contributed by atoms with Crippen LogP contribution in [0.15, 0.2) is 0 Å². The summed E-state index contributed by atoms with van der Waals surface area (Å²) in [6.45, 7) is 0. The lowest BCUT2D eigenvalue weighted by Crippen LogP contribution is -2.18. The van der Waals surface area contributed by atoms with Gasteiger partial charge in [-0.1, -0.05) is 12.8 Å². The molecule has 2 aliphatic rings. The molecule has 2 rings (SSSR count). The Morgan fingerprint density at radius 2 is 2.00 bits per heavy atom. The Hall–Kier alpha value is -0.530. The molecule has 1 N–H and O–H groups in total. The van der Waals surface area contributed by atoms with Crippen molar-refractivity contribution in [2.45, 2.75) is 32.1 Å². The van der Waals surface area contributed by atoms with Gasteiger partial charge in [0.05, 0.1) is 5.92 Å². The van der Waals surface area contributed by atoms with E-state index in [9.17, 15) is 4.79 Å². The Bertz CT molecular complexity index is 176. The van der Waals surface area contributed by atoms with Crippen LogP contribution in [0, 0.1) is 17.8 Å². The van der Waals surface area contributed by atoms with Gasteiger partial charge in [0.2, 0.25) is 0 Å². The molecule has 0 aliphatic heterocycles. The topological polar surface area (TPSA) is 37.3 Å². The van der Waals surface area contributed by atoms with E-state index in [2.05, 4.69) is 0 Å². The number of aliphatic carboxylic acids is 1. The second kappa shape index (κ2) is 2.50. The summed E-state index contributed by atoms with van der Waals surface area (Å²) in [6.07, 6.45) is 5.82. The normalized spacial score (nSPS) is 42.4. The third kappa shape index (κ3) is 1.05. The molecule has 62 valence electrons. The summed E-state index contributed by atoms with van der Waals surface area (Å²) >= 11 is 0. The maximum atomic E-state index is 10.7. The van der Waals surface area contributed by atoms with E-state index < -0.39 is 5.97 Å². The zero-order valence-electron chi connectivity index (χ0n) is 6.62. The molecule has 0 saturated heterocycles. The van der Waals surface area contributed by atoms with Crippen molar-refractivity contribution in [2.24, 2.45) is 17.8 Å². The van der Waals surface area contributed by atoms with Crippen LogP contribution < -0.4 is 0 Å². The lowest BCUT2D eigenvalue weighted by Gasteiger charge is -2.12. The Morgan fingerprint density at radius 1 is 1.18 bits per heavy atom. The van der Waals surface area contributed by atoms with E-state index in [1.54, 1.807) is 0 Å². The van der Waals surface area contributed by atoms with Gasteiger partial charge in [-0.2, -0.15) is 0 Å². The van der Waals surface area contributed by atoms with Crippen LogP contribution in [0.1, 0.15) is 32.1 Å². The van der Waals surface area contributed by atoms with Crippen molar-refractivity contribution < 1.29 is 9.90 Å². The molecular formula is C9H14O2. The number of fused-ring (bicyclic) bond motifs is 1. The largest absolute Gasteiger partial charge is 0.481 e. The average molecular weight is 154 g/mol. The highest BCUT2D eigenvalue weighted by molar-refractivity contribution is 5.70. The Morgan fingerprint density at radius 3 is 2.73 bits per heavy atom. The molecule has 2 fully saturated rings. The van der Waals surface area contributed by atoms with Crippen LogP contribution in [0.5, 0.6) is 0 Å². The molecular weight excluding hydrogens is 140 g/mol. The highest BCUT2D eigenvalue weighted by Gasteiger charge is 2.42. The van der Waals surface area contributed by atoms with Crippen molar-refractivity contribution in [1.29, 1.82) is 0 Å². The van der Waals surface area contributed by atoms with Crippen molar-refractivity contribution in [3.63, 3.8) is 0 Å². The molecule has 2 aliphatic carbocycles. The summed E-state index contributed by atoms with van der Waals surface area (Å²) in [4.78, 5) is 10.7. The van der Waals surface area contributed by atoms with Crippen molar-refractivity contribution in [2.75, 3.05) is 0 Å². The van der Waals surface area contributed by atoms with E-state index in [1.807, 2.05) is 0 Å². The van der Waals surface area contributed by atoms with Gasteiger partial charge < -0.3 is 5.11 Å². The third-order valence-corrected chi connectivity index (χ3v) is 3.40. The van der Waals surface area contributed by atoms with Gasteiger partial charge in [0.15, 0.2) is 0 Å². The number of rotatable bonds is 1. The maximum absolute atomic E-state index is 10.7. The van der Waals surface area contributed by atoms with Crippen molar-refractivity contribution >= 4 is 5.97 Å². The predicted molar refractivity (Wildman–Crippen MR) is 41.2 cm³/mol. The molecule has 2 nitrogen and oxygen atoms in total. The molecule has 0 bridgehead atoms. The second-order valence-corrected chi connectivity index (χ2v) is 3.88. The number of carboxylic acids is 1. The average Bonchev–Trinajstić information content (AvgIpc) is 2.41. The van der Waals surface area contributed by atoms with Crippen LogP contribution in [0.3, 0.4) is 0 Å². The van der Waals surface area contributed by atoms with E-state index in [0.29, 0.717) is 5.92 Å². The Kier molecular flexibility index (Phi) is 1.63. The molecule has 2 saturated carbocycles. The summed E-state index contributed by atoms with van der Waals surface area (Å²) in [5.74, 6) is 0.741. The predicted octanol–water partition coefficient (Wildman–Crippen LogP) is 1.90. The molecule has 0 heterocycles. The second-order valence-electron chi connectivity index (χ2n) is 3.88. The molecule has 0 unspecified atom stereocenters. The lowest BCUT2D eigenvalue weighted by atomic mass is 9.92. The first-order valence-electron chi connectivity index (χ1n) is 4.52. The summed E-state index contributed by atoms with van der Waals surface area (Å²) in [7, 11) is 0. The number of hydrogen-bond donors (Lipinski definition) is 1. The SMILES string of the molecule is O=C(O)[C@H]1CC[C@@H]2CCC[C@@H]21. The minimum Gasteiger partial charge on any atom is -0.481 e. The molecule has 0 aromatic carbocycles. The quantitative estimate of drug-likeness (QED) is 0.626. The maximum Gasteiger partial charge on any atom is 0.306 e. The lowest BCUT2D eigenvalue weighted by molar-refractivity contribution is -0.143. The first kappa shape index (κ1) is 7.14. The van der Waals surface area contributed by atoms with E-state index in [1.165, 1.54) is 25.7 Å². The molecule has 0 amide bonds. The fraction of sp³-hybridized carbons (Fsp3) is 0.889. The van der Waals surface area contributed by atoms with Crippen LogP contribution in [0.2, 0.25) is 0 Å². The van der Waals surface area contributed by atoms with Crippen LogP contribution in [-0.4, -0.2) is 11.1 Å². The fourth-order valence-corrected chi connectivity index (χ4v) is 2.87. The van der Waals surface area contributed by atoms with Gasteiger partial charge >= 0.3 is 5.97 Å². The van der Waals surface area contributed by atoms with Gasteiger partial charge in [0, 0.05) is 0 Å². The minimum absolute atomic E-state index is 0.00231. The van der Waals surface area contributed by atoms with Gasteiger partial charge in [-0.15, -0.1) is 0 Å². The molecule has 0 radical (unpaired) electrons. The van der Waals surface area contributed by atoms with Crippen LogP contribution in [0.25, 0.3) is 0 Å². The number of carbonyl (C=O) groups is 1. The first-order valence-corrected chi connectivity index (χ1v) is 4.52. The smallest absolute Gasteiger partial charge is 0.306 e.